The minimum absolute atomic E-state index is 0.0941. The molecule has 2 fully saturated rings. The van der Waals surface area contributed by atoms with E-state index in [1.54, 1.807) is 31.4 Å². The number of hydroxylamine groups is 2. The highest BCUT2D eigenvalue weighted by atomic mass is 16.8. The number of esters is 1. The van der Waals surface area contributed by atoms with Crippen molar-refractivity contribution < 1.29 is 33.7 Å². The largest absolute Gasteiger partial charge is 0.497 e. The third kappa shape index (κ3) is 2.50. The summed E-state index contributed by atoms with van der Waals surface area (Å²) in [6.45, 7) is 0.0941. The Hall–Kier alpha value is -2.32. The lowest BCUT2D eigenvalue weighted by Crippen LogP contribution is -2.48. The molecular weight excluding hydrogens is 282 g/mol. The lowest BCUT2D eigenvalue weighted by atomic mass is 10.2. The summed E-state index contributed by atoms with van der Waals surface area (Å²) < 4.78 is 15.5. The van der Waals surface area contributed by atoms with Crippen LogP contribution >= 0.6 is 0 Å². The highest BCUT2D eigenvalue weighted by molar-refractivity contribution is 6.30. The van der Waals surface area contributed by atoms with Gasteiger partial charge in [-0.1, -0.05) is 5.06 Å². The number of carbonyl (C=O) groups is 2. The molecule has 0 spiro atoms. The standard InChI is InChI=1S/C13H13NO7/c1-18-7-2-4-8(5-3-7)19-9-6-14-11(10(9)15)20-12(16)13(17)21-14/h2-5,9-11,15H,6H2,1H3. The van der Waals surface area contributed by atoms with Crippen LogP contribution in [0.15, 0.2) is 24.3 Å². The molecule has 0 aliphatic carbocycles. The van der Waals surface area contributed by atoms with Gasteiger partial charge in [0.05, 0.1) is 13.7 Å². The summed E-state index contributed by atoms with van der Waals surface area (Å²) in [6, 6.07) is 6.79. The van der Waals surface area contributed by atoms with Crippen LogP contribution in [0.25, 0.3) is 0 Å². The summed E-state index contributed by atoms with van der Waals surface area (Å²) in [7, 11) is 1.55. The van der Waals surface area contributed by atoms with Crippen molar-refractivity contribution in [2.45, 2.75) is 18.4 Å². The molecule has 2 saturated heterocycles. The van der Waals surface area contributed by atoms with Crippen LogP contribution in [0.1, 0.15) is 0 Å². The van der Waals surface area contributed by atoms with Gasteiger partial charge in [0.1, 0.15) is 23.7 Å². The molecule has 3 unspecified atom stereocenters. The summed E-state index contributed by atoms with van der Waals surface area (Å²) in [5.74, 6) is -1.05. The SMILES string of the molecule is COc1ccc(OC2CN3OC(=O)C(=O)OC3C2O)cc1. The predicted octanol–water partition coefficient (Wildman–Crippen LogP) is -0.540. The number of hydrogen-bond donors (Lipinski definition) is 1. The molecule has 0 radical (unpaired) electrons. The molecule has 1 N–H and O–H groups in total. The number of fused-ring (bicyclic) bond motifs is 1. The van der Waals surface area contributed by atoms with Gasteiger partial charge in [0.2, 0.25) is 6.23 Å². The molecule has 8 nitrogen and oxygen atoms in total. The van der Waals surface area contributed by atoms with Gasteiger partial charge in [-0.2, -0.15) is 0 Å². The number of hydrogen-bond acceptors (Lipinski definition) is 8. The minimum Gasteiger partial charge on any atom is -0.497 e. The normalized spacial score (nSPS) is 28.6. The van der Waals surface area contributed by atoms with Crippen LogP contribution < -0.4 is 9.47 Å². The van der Waals surface area contributed by atoms with E-state index < -0.39 is 30.4 Å². The Morgan fingerprint density at radius 3 is 2.52 bits per heavy atom. The Morgan fingerprint density at radius 2 is 1.86 bits per heavy atom. The first-order valence-electron chi connectivity index (χ1n) is 6.27. The molecule has 0 aromatic heterocycles. The molecule has 8 heteroatoms. The second-order valence-corrected chi connectivity index (χ2v) is 4.60. The van der Waals surface area contributed by atoms with Crippen molar-refractivity contribution in [3.63, 3.8) is 0 Å². The summed E-state index contributed by atoms with van der Waals surface area (Å²) in [5, 5.41) is 11.2. The number of methoxy groups -OCH3 is 1. The zero-order valence-electron chi connectivity index (χ0n) is 11.1. The van der Waals surface area contributed by atoms with Crippen molar-refractivity contribution in [1.29, 1.82) is 0 Å². The Kier molecular flexibility index (Phi) is 3.40. The Bertz CT molecular complexity index is 558. The molecule has 1 aromatic carbocycles. The molecule has 2 heterocycles. The summed E-state index contributed by atoms with van der Waals surface area (Å²) in [4.78, 5) is 27.0. The molecule has 2 aliphatic rings. The van der Waals surface area contributed by atoms with E-state index in [1.807, 2.05) is 0 Å². The highest BCUT2D eigenvalue weighted by Gasteiger charge is 2.51. The van der Waals surface area contributed by atoms with Crippen LogP contribution in [0.2, 0.25) is 0 Å². The van der Waals surface area contributed by atoms with E-state index in [2.05, 4.69) is 0 Å². The van der Waals surface area contributed by atoms with E-state index in [1.165, 1.54) is 0 Å². The van der Waals surface area contributed by atoms with Crippen molar-refractivity contribution in [2.75, 3.05) is 13.7 Å². The average Bonchev–Trinajstić information content (AvgIpc) is 2.77. The van der Waals surface area contributed by atoms with Crippen molar-refractivity contribution in [1.82, 2.24) is 5.06 Å². The van der Waals surface area contributed by atoms with E-state index in [0.29, 0.717) is 11.5 Å². The summed E-state index contributed by atoms with van der Waals surface area (Å²) >= 11 is 0. The van der Waals surface area contributed by atoms with Crippen molar-refractivity contribution >= 4 is 11.9 Å². The Labute approximate surface area is 119 Å². The zero-order chi connectivity index (χ0) is 15.0. The molecule has 1 aromatic rings. The van der Waals surface area contributed by atoms with E-state index in [9.17, 15) is 14.7 Å². The van der Waals surface area contributed by atoms with Gasteiger partial charge in [0.15, 0.2) is 0 Å². The van der Waals surface area contributed by atoms with Crippen molar-refractivity contribution in [2.24, 2.45) is 0 Å². The number of carbonyl (C=O) groups excluding carboxylic acids is 2. The summed E-state index contributed by atoms with van der Waals surface area (Å²) in [6.07, 6.45) is -2.86. The zero-order valence-corrected chi connectivity index (χ0v) is 11.1. The fourth-order valence-electron chi connectivity index (χ4n) is 2.20. The van der Waals surface area contributed by atoms with E-state index >= 15 is 0 Å². The van der Waals surface area contributed by atoms with Gasteiger partial charge >= 0.3 is 11.9 Å². The minimum atomic E-state index is -1.12. The third-order valence-electron chi connectivity index (χ3n) is 3.26. The molecule has 2 aliphatic heterocycles. The molecule has 3 rings (SSSR count). The van der Waals surface area contributed by atoms with Gasteiger partial charge < -0.3 is 24.2 Å². The second kappa shape index (κ2) is 5.23. The topological polar surface area (TPSA) is 94.5 Å². The number of aliphatic hydroxyl groups excluding tert-OH is 1. The molecule has 21 heavy (non-hydrogen) atoms. The monoisotopic (exact) mass is 295 g/mol. The van der Waals surface area contributed by atoms with Crippen LogP contribution in [-0.4, -0.2) is 54.2 Å². The molecule has 0 bridgehead atoms. The molecule has 3 atom stereocenters. The molecule has 0 amide bonds. The first kappa shape index (κ1) is 13.7. The number of ether oxygens (including phenoxy) is 3. The molecular formula is C13H13NO7. The van der Waals surface area contributed by atoms with Crippen LogP contribution in [0.5, 0.6) is 11.5 Å². The number of benzene rings is 1. The van der Waals surface area contributed by atoms with Crippen molar-refractivity contribution in [3.8, 4) is 11.5 Å². The predicted molar refractivity (Wildman–Crippen MR) is 66.1 cm³/mol. The van der Waals surface area contributed by atoms with Gasteiger partial charge in [-0.3, -0.25) is 0 Å². The van der Waals surface area contributed by atoms with Crippen LogP contribution in [0.4, 0.5) is 0 Å². The van der Waals surface area contributed by atoms with Gasteiger partial charge in [-0.15, -0.1) is 0 Å². The fraction of sp³-hybridized carbons (Fsp3) is 0.385. The number of nitrogens with zero attached hydrogens (tertiary/aromatic N) is 1. The van der Waals surface area contributed by atoms with Crippen LogP contribution in [-0.2, 0) is 19.2 Å². The van der Waals surface area contributed by atoms with Crippen molar-refractivity contribution in [3.05, 3.63) is 24.3 Å². The van der Waals surface area contributed by atoms with Gasteiger partial charge in [-0.25, -0.2) is 9.59 Å². The highest BCUT2D eigenvalue weighted by Crippen LogP contribution is 2.28. The maximum Gasteiger partial charge on any atom is 0.436 e. The lowest BCUT2D eigenvalue weighted by Gasteiger charge is -2.27. The fourth-order valence-corrected chi connectivity index (χ4v) is 2.20. The molecule has 112 valence electrons. The Morgan fingerprint density at radius 1 is 1.19 bits per heavy atom. The average molecular weight is 295 g/mol. The van der Waals surface area contributed by atoms with Gasteiger partial charge in [0.25, 0.3) is 0 Å². The van der Waals surface area contributed by atoms with Gasteiger partial charge in [-0.05, 0) is 24.3 Å². The Balaban J connectivity index is 1.69. The first-order valence-corrected chi connectivity index (χ1v) is 6.27. The van der Waals surface area contributed by atoms with Crippen LogP contribution in [0, 0.1) is 0 Å². The maximum absolute atomic E-state index is 11.1. The molecule has 0 saturated carbocycles. The lowest BCUT2D eigenvalue weighted by molar-refractivity contribution is -0.262. The second-order valence-electron chi connectivity index (χ2n) is 4.60. The van der Waals surface area contributed by atoms with Gasteiger partial charge in [0, 0.05) is 0 Å². The van der Waals surface area contributed by atoms with E-state index in [4.69, 9.17) is 19.0 Å². The smallest absolute Gasteiger partial charge is 0.436 e. The van der Waals surface area contributed by atoms with E-state index in [-0.39, 0.29) is 6.54 Å². The first-order chi connectivity index (χ1) is 10.1. The number of rotatable bonds is 3. The third-order valence-corrected chi connectivity index (χ3v) is 3.26. The number of aliphatic hydroxyl groups is 1. The van der Waals surface area contributed by atoms with E-state index in [0.717, 1.165) is 5.06 Å². The quantitative estimate of drug-likeness (QED) is 0.587. The summed E-state index contributed by atoms with van der Waals surface area (Å²) in [5.41, 5.74) is 0. The maximum atomic E-state index is 11.1. The van der Waals surface area contributed by atoms with Crippen LogP contribution in [0.3, 0.4) is 0 Å².